The van der Waals surface area contributed by atoms with Crippen LogP contribution in [0.4, 0.5) is 5.82 Å². The summed E-state index contributed by atoms with van der Waals surface area (Å²) in [5.74, 6) is 6.32. The molecule has 0 aromatic carbocycles. The van der Waals surface area contributed by atoms with Crippen molar-refractivity contribution in [1.82, 2.24) is 10.3 Å². The molecule has 0 amide bonds. The highest BCUT2D eigenvalue weighted by atomic mass is 16.3. The summed E-state index contributed by atoms with van der Waals surface area (Å²) < 4.78 is 0. The van der Waals surface area contributed by atoms with Crippen LogP contribution in [0.3, 0.4) is 0 Å². The number of aliphatic hydroxyl groups is 1. The molecule has 0 bridgehead atoms. The van der Waals surface area contributed by atoms with Gasteiger partial charge in [-0.2, -0.15) is 0 Å². The number of hydrogen-bond donors (Lipinski definition) is 3. The predicted molar refractivity (Wildman–Crippen MR) is 60.0 cm³/mol. The zero-order valence-corrected chi connectivity index (χ0v) is 8.75. The summed E-state index contributed by atoms with van der Waals surface area (Å²) in [5.41, 5.74) is 6.95. The van der Waals surface area contributed by atoms with Gasteiger partial charge in [-0.05, 0) is 13.1 Å². The quantitative estimate of drug-likeness (QED) is 0.484. The highest BCUT2D eigenvalue weighted by Crippen LogP contribution is 2.09. The van der Waals surface area contributed by atoms with Crippen molar-refractivity contribution in [1.29, 1.82) is 0 Å². The van der Waals surface area contributed by atoms with Crippen LogP contribution in [0.25, 0.3) is 0 Å². The molecule has 0 fully saturated rings. The maximum absolute atomic E-state index is 8.97. The van der Waals surface area contributed by atoms with E-state index >= 15 is 0 Å². The molecule has 4 N–H and O–H groups in total. The van der Waals surface area contributed by atoms with Crippen molar-refractivity contribution in [2.24, 2.45) is 0 Å². The largest absolute Gasteiger partial charge is 0.392 e. The smallest absolute Gasteiger partial charge is 0.128 e. The van der Waals surface area contributed by atoms with E-state index < -0.39 is 0 Å². The maximum Gasteiger partial charge on any atom is 0.128 e. The van der Waals surface area contributed by atoms with Gasteiger partial charge in [0.15, 0.2) is 0 Å². The average molecular weight is 205 g/mol. The van der Waals surface area contributed by atoms with Crippen LogP contribution in [0.15, 0.2) is 12.3 Å². The van der Waals surface area contributed by atoms with E-state index in [0.29, 0.717) is 11.4 Å². The number of nitrogens with zero attached hydrogens (tertiary/aromatic N) is 1. The average Bonchev–Trinajstić information content (AvgIpc) is 2.26. The fourth-order valence-electron chi connectivity index (χ4n) is 1.07. The summed E-state index contributed by atoms with van der Waals surface area (Å²) in [6.07, 6.45) is 2.40. The number of aliphatic hydroxyl groups excluding tert-OH is 1. The molecule has 0 aliphatic heterocycles. The van der Waals surface area contributed by atoms with Gasteiger partial charge in [0.05, 0.1) is 6.61 Å². The number of hydrogen-bond acceptors (Lipinski definition) is 4. The Balaban J connectivity index is 2.72. The Labute approximate surface area is 89.5 Å². The molecule has 1 aromatic rings. The van der Waals surface area contributed by atoms with Crippen LogP contribution in [0.2, 0.25) is 0 Å². The fourth-order valence-corrected chi connectivity index (χ4v) is 1.07. The molecule has 0 atom stereocenters. The van der Waals surface area contributed by atoms with Gasteiger partial charge in [-0.25, -0.2) is 4.98 Å². The minimum atomic E-state index is -0.106. The van der Waals surface area contributed by atoms with Crippen molar-refractivity contribution in [2.45, 2.75) is 13.0 Å². The second-order valence-corrected chi connectivity index (χ2v) is 3.08. The van der Waals surface area contributed by atoms with E-state index in [1.165, 1.54) is 0 Å². The highest BCUT2D eigenvalue weighted by molar-refractivity contribution is 5.45. The highest BCUT2D eigenvalue weighted by Gasteiger charge is 1.98. The molecule has 0 saturated carbocycles. The molecule has 1 rings (SSSR count). The van der Waals surface area contributed by atoms with Crippen molar-refractivity contribution in [3.63, 3.8) is 0 Å². The Kier molecular flexibility index (Phi) is 4.61. The molecule has 1 aromatic heterocycles. The minimum absolute atomic E-state index is 0.106. The first kappa shape index (κ1) is 11.5. The van der Waals surface area contributed by atoms with Gasteiger partial charge in [0.1, 0.15) is 5.82 Å². The lowest BCUT2D eigenvalue weighted by Crippen LogP contribution is -2.05. The van der Waals surface area contributed by atoms with Crippen LogP contribution in [0, 0.1) is 11.8 Å². The van der Waals surface area contributed by atoms with Crippen LogP contribution < -0.4 is 11.1 Å². The van der Waals surface area contributed by atoms with Gasteiger partial charge in [-0.1, -0.05) is 11.8 Å². The van der Waals surface area contributed by atoms with Crippen molar-refractivity contribution in [3.8, 4) is 11.8 Å². The predicted octanol–water partition coefficient (Wildman–Crippen LogP) is 0.117. The second-order valence-electron chi connectivity index (χ2n) is 3.08. The Morgan fingerprint density at radius 2 is 2.40 bits per heavy atom. The molecule has 1 heterocycles. The molecule has 80 valence electrons. The third-order valence-electron chi connectivity index (χ3n) is 1.90. The molecule has 4 heteroatoms. The first-order valence-electron chi connectivity index (χ1n) is 4.76. The lowest BCUT2D eigenvalue weighted by Gasteiger charge is -2.00. The Morgan fingerprint density at radius 1 is 1.60 bits per heavy atom. The van der Waals surface area contributed by atoms with Crippen molar-refractivity contribution in [3.05, 3.63) is 23.4 Å². The molecule has 4 nitrogen and oxygen atoms in total. The second kappa shape index (κ2) is 6.02. The SMILES string of the molecule is CNCCC#Cc1cnc(N)c(CO)c1. The molecule has 0 radical (unpaired) electrons. The summed E-state index contributed by atoms with van der Waals surface area (Å²) in [7, 11) is 1.89. The number of nitrogens with one attached hydrogen (secondary N) is 1. The van der Waals surface area contributed by atoms with Crippen LogP contribution in [-0.4, -0.2) is 23.7 Å². The summed E-state index contributed by atoms with van der Waals surface area (Å²) in [6, 6.07) is 1.76. The molecule has 0 aliphatic carbocycles. The van der Waals surface area contributed by atoms with Gasteiger partial charge >= 0.3 is 0 Å². The molecule has 0 aliphatic rings. The zero-order chi connectivity index (χ0) is 11.1. The number of anilines is 1. The van der Waals surface area contributed by atoms with Crippen LogP contribution >= 0.6 is 0 Å². The number of rotatable bonds is 3. The van der Waals surface area contributed by atoms with Crippen LogP contribution in [0.5, 0.6) is 0 Å². The Morgan fingerprint density at radius 3 is 3.07 bits per heavy atom. The lowest BCUT2D eigenvalue weighted by molar-refractivity contribution is 0.282. The van der Waals surface area contributed by atoms with Crippen LogP contribution in [0.1, 0.15) is 17.5 Å². The first-order valence-corrected chi connectivity index (χ1v) is 4.76. The third-order valence-corrected chi connectivity index (χ3v) is 1.90. The monoisotopic (exact) mass is 205 g/mol. The normalized spacial score (nSPS) is 9.47. The molecular formula is C11H15N3O. The van der Waals surface area contributed by atoms with Crippen molar-refractivity contribution < 1.29 is 5.11 Å². The van der Waals surface area contributed by atoms with E-state index in [1.807, 2.05) is 7.05 Å². The summed E-state index contributed by atoms with van der Waals surface area (Å²) in [6.45, 7) is 0.757. The van der Waals surface area contributed by atoms with E-state index in [4.69, 9.17) is 10.8 Å². The Bertz CT molecular complexity index is 379. The number of nitrogen functional groups attached to an aromatic ring is 1. The topological polar surface area (TPSA) is 71.2 Å². The van der Waals surface area contributed by atoms with Crippen molar-refractivity contribution >= 4 is 5.82 Å². The molecular weight excluding hydrogens is 190 g/mol. The summed E-state index contributed by atoms with van der Waals surface area (Å²) >= 11 is 0. The van der Waals surface area contributed by atoms with Gasteiger partial charge in [-0.3, -0.25) is 0 Å². The van der Waals surface area contributed by atoms with Gasteiger partial charge in [-0.15, -0.1) is 0 Å². The van der Waals surface area contributed by atoms with Crippen LogP contribution in [-0.2, 0) is 6.61 Å². The minimum Gasteiger partial charge on any atom is -0.392 e. The summed E-state index contributed by atoms with van der Waals surface area (Å²) in [5, 5.41) is 12.0. The third kappa shape index (κ3) is 3.58. The molecule has 0 saturated heterocycles. The molecule has 0 unspecified atom stereocenters. The first-order chi connectivity index (χ1) is 7.27. The van der Waals surface area contributed by atoms with Gasteiger partial charge < -0.3 is 16.2 Å². The van der Waals surface area contributed by atoms with Crippen molar-refractivity contribution in [2.75, 3.05) is 19.3 Å². The van der Waals surface area contributed by atoms with E-state index in [1.54, 1.807) is 12.3 Å². The molecule has 0 spiro atoms. The number of nitrogens with two attached hydrogens (primary N) is 1. The summed E-state index contributed by atoms with van der Waals surface area (Å²) in [4.78, 5) is 3.95. The van der Waals surface area contributed by atoms with E-state index in [9.17, 15) is 0 Å². The number of pyridine rings is 1. The number of aromatic nitrogens is 1. The van der Waals surface area contributed by atoms with E-state index in [-0.39, 0.29) is 6.61 Å². The van der Waals surface area contributed by atoms with Gasteiger partial charge in [0.25, 0.3) is 0 Å². The molecule has 15 heavy (non-hydrogen) atoms. The lowest BCUT2D eigenvalue weighted by atomic mass is 10.2. The van der Waals surface area contributed by atoms with E-state index in [0.717, 1.165) is 18.5 Å². The fraction of sp³-hybridized carbons (Fsp3) is 0.364. The Hall–Kier alpha value is -1.57. The van der Waals surface area contributed by atoms with Gasteiger partial charge in [0.2, 0.25) is 0 Å². The van der Waals surface area contributed by atoms with E-state index in [2.05, 4.69) is 22.1 Å². The maximum atomic E-state index is 8.97. The zero-order valence-electron chi connectivity index (χ0n) is 8.75. The standard InChI is InChI=1S/C11H15N3O/c1-13-5-3-2-4-9-6-10(8-15)11(12)14-7-9/h6-7,13,15H,3,5,8H2,1H3,(H2,12,14). The van der Waals surface area contributed by atoms with Gasteiger partial charge in [0, 0.05) is 30.3 Å².